The van der Waals surface area contributed by atoms with Crippen molar-refractivity contribution in [2.75, 3.05) is 6.61 Å². The summed E-state index contributed by atoms with van der Waals surface area (Å²) in [4.78, 5) is 12.0. The second-order valence-electron chi connectivity index (χ2n) is 5.67. The van der Waals surface area contributed by atoms with E-state index in [0.29, 0.717) is 5.92 Å². The molecule has 1 atom stereocenters. The number of aliphatic hydroxyl groups excluding tert-OH is 1. The number of hydrogen-bond acceptors (Lipinski definition) is 5. The van der Waals surface area contributed by atoms with Gasteiger partial charge in [0, 0.05) is 0 Å². The monoisotopic (exact) mass is 303 g/mol. The third-order valence-electron chi connectivity index (χ3n) is 3.26. The lowest BCUT2D eigenvalue weighted by Gasteiger charge is -2.18. The van der Waals surface area contributed by atoms with Crippen LogP contribution in [0.5, 0.6) is 0 Å². The van der Waals surface area contributed by atoms with Crippen molar-refractivity contribution in [3.63, 3.8) is 0 Å². The second kappa shape index (κ2) is 7.65. The summed E-state index contributed by atoms with van der Waals surface area (Å²) in [5.74, 6) is 0.336. The second-order valence-corrected chi connectivity index (χ2v) is 5.67. The Labute approximate surface area is 129 Å². The molecule has 1 amide bonds. The molecule has 0 radical (unpaired) electrons. The van der Waals surface area contributed by atoms with Gasteiger partial charge in [-0.15, -0.1) is 5.10 Å². The summed E-state index contributed by atoms with van der Waals surface area (Å²) in [6.45, 7) is 4.08. The number of carbonyl (C=O) groups is 1. The summed E-state index contributed by atoms with van der Waals surface area (Å²) in [6, 6.07) is 7.26. The summed E-state index contributed by atoms with van der Waals surface area (Å²) in [6.07, 6.45) is 2.56. The molecule has 0 bridgehead atoms. The highest BCUT2D eigenvalue weighted by molar-refractivity contribution is 5.78. The summed E-state index contributed by atoms with van der Waals surface area (Å²) >= 11 is 0. The van der Waals surface area contributed by atoms with Crippen LogP contribution in [-0.2, 0) is 11.2 Å². The molecule has 22 heavy (non-hydrogen) atoms. The summed E-state index contributed by atoms with van der Waals surface area (Å²) < 4.78 is 1.55. The van der Waals surface area contributed by atoms with Gasteiger partial charge in [0.05, 0.1) is 24.8 Å². The van der Waals surface area contributed by atoms with Crippen LogP contribution in [0.1, 0.15) is 25.8 Å². The molecule has 7 heteroatoms. The Bertz CT molecular complexity index is 580. The minimum atomic E-state index is -0.187. The lowest BCUT2D eigenvalue weighted by Crippen LogP contribution is -2.39. The molecule has 2 N–H and O–H groups in total. The normalized spacial score (nSPS) is 12.4. The van der Waals surface area contributed by atoms with Crippen LogP contribution < -0.4 is 5.32 Å². The zero-order valence-corrected chi connectivity index (χ0v) is 12.8. The molecule has 7 nitrogen and oxygen atoms in total. The van der Waals surface area contributed by atoms with Crippen LogP contribution in [0.2, 0.25) is 0 Å². The summed E-state index contributed by atoms with van der Waals surface area (Å²) in [5.41, 5.74) is 1.73. The third kappa shape index (κ3) is 4.63. The van der Waals surface area contributed by atoms with E-state index in [2.05, 4.69) is 34.7 Å². The number of nitrogens with one attached hydrogen (secondary N) is 1. The topological polar surface area (TPSA) is 92.9 Å². The van der Waals surface area contributed by atoms with Gasteiger partial charge in [-0.05, 0) is 40.5 Å². The number of benzene rings is 1. The lowest BCUT2D eigenvalue weighted by atomic mass is 10.0. The van der Waals surface area contributed by atoms with Gasteiger partial charge in [0.2, 0.25) is 5.91 Å². The van der Waals surface area contributed by atoms with E-state index in [1.807, 2.05) is 24.3 Å². The Balaban J connectivity index is 1.91. The molecule has 0 spiro atoms. The van der Waals surface area contributed by atoms with Crippen molar-refractivity contribution < 1.29 is 9.90 Å². The predicted molar refractivity (Wildman–Crippen MR) is 81.3 cm³/mol. The van der Waals surface area contributed by atoms with Crippen LogP contribution in [-0.4, -0.2) is 43.9 Å². The van der Waals surface area contributed by atoms with Crippen molar-refractivity contribution in [1.29, 1.82) is 0 Å². The smallest absolute Gasteiger partial charge is 0.224 e. The molecule has 0 aliphatic heterocycles. The van der Waals surface area contributed by atoms with E-state index in [0.717, 1.165) is 17.7 Å². The molecular formula is C15H21N5O2. The molecule has 0 aliphatic rings. The predicted octanol–water partition coefficient (Wildman–Crippen LogP) is 0.728. The lowest BCUT2D eigenvalue weighted by molar-refractivity contribution is -0.121. The van der Waals surface area contributed by atoms with Gasteiger partial charge in [-0.25, -0.2) is 4.68 Å². The Morgan fingerprint density at radius 1 is 1.32 bits per heavy atom. The molecule has 0 fully saturated rings. The first-order valence-electron chi connectivity index (χ1n) is 7.31. The number of carbonyl (C=O) groups excluding carboxylic acids is 1. The number of hydrogen-bond donors (Lipinski definition) is 2. The number of tetrazole rings is 1. The van der Waals surface area contributed by atoms with Crippen molar-refractivity contribution in [2.45, 2.75) is 32.7 Å². The highest BCUT2D eigenvalue weighted by atomic mass is 16.3. The quantitative estimate of drug-likeness (QED) is 0.786. The number of aromatic nitrogens is 4. The first-order chi connectivity index (χ1) is 10.6. The first kappa shape index (κ1) is 16.1. The minimum Gasteiger partial charge on any atom is -0.394 e. The van der Waals surface area contributed by atoms with E-state index in [1.54, 1.807) is 4.68 Å². The van der Waals surface area contributed by atoms with Gasteiger partial charge in [0.1, 0.15) is 6.33 Å². The van der Waals surface area contributed by atoms with E-state index >= 15 is 0 Å². The molecule has 2 aromatic rings. The van der Waals surface area contributed by atoms with Crippen molar-refractivity contribution in [3.05, 3.63) is 36.2 Å². The van der Waals surface area contributed by atoms with Gasteiger partial charge < -0.3 is 10.4 Å². The van der Waals surface area contributed by atoms with Gasteiger partial charge in [-0.2, -0.15) is 0 Å². The highest BCUT2D eigenvalue weighted by Gasteiger charge is 2.13. The number of nitrogens with zero attached hydrogens (tertiary/aromatic N) is 4. The fraction of sp³-hybridized carbons (Fsp3) is 0.467. The zero-order valence-electron chi connectivity index (χ0n) is 12.8. The van der Waals surface area contributed by atoms with Gasteiger partial charge >= 0.3 is 0 Å². The molecular weight excluding hydrogens is 282 g/mol. The van der Waals surface area contributed by atoms with Gasteiger partial charge in [0.15, 0.2) is 0 Å². The molecule has 0 saturated carbocycles. The third-order valence-corrected chi connectivity index (χ3v) is 3.26. The largest absolute Gasteiger partial charge is 0.394 e. The number of aliphatic hydroxyl groups is 1. The van der Waals surface area contributed by atoms with E-state index in [9.17, 15) is 9.90 Å². The van der Waals surface area contributed by atoms with E-state index < -0.39 is 0 Å². The van der Waals surface area contributed by atoms with E-state index in [1.165, 1.54) is 6.33 Å². The average molecular weight is 303 g/mol. The Morgan fingerprint density at radius 3 is 2.59 bits per heavy atom. The van der Waals surface area contributed by atoms with Gasteiger partial charge in [0.25, 0.3) is 0 Å². The standard InChI is InChI=1S/C15H21N5O2/c1-11(2)7-13(9-21)17-15(22)8-12-3-5-14(6-4-12)20-10-16-18-19-20/h3-6,10-11,13,21H,7-9H2,1-2H3,(H,17,22). The van der Waals surface area contributed by atoms with Crippen molar-refractivity contribution in [2.24, 2.45) is 5.92 Å². The Kier molecular flexibility index (Phi) is 5.60. The average Bonchev–Trinajstić information content (AvgIpc) is 3.01. The van der Waals surface area contributed by atoms with Crippen LogP contribution in [0.25, 0.3) is 5.69 Å². The van der Waals surface area contributed by atoms with E-state index in [-0.39, 0.29) is 25.0 Å². The van der Waals surface area contributed by atoms with Crippen LogP contribution in [0.3, 0.4) is 0 Å². The van der Waals surface area contributed by atoms with Crippen molar-refractivity contribution >= 4 is 5.91 Å². The van der Waals surface area contributed by atoms with Crippen molar-refractivity contribution in [1.82, 2.24) is 25.5 Å². The molecule has 0 aliphatic carbocycles. The Morgan fingerprint density at radius 2 is 2.05 bits per heavy atom. The van der Waals surface area contributed by atoms with Gasteiger partial charge in [-0.1, -0.05) is 26.0 Å². The van der Waals surface area contributed by atoms with Gasteiger partial charge in [-0.3, -0.25) is 4.79 Å². The number of rotatable bonds is 7. The van der Waals surface area contributed by atoms with Crippen LogP contribution in [0.15, 0.2) is 30.6 Å². The van der Waals surface area contributed by atoms with Crippen LogP contribution in [0, 0.1) is 5.92 Å². The molecule has 1 unspecified atom stereocenters. The molecule has 1 aromatic heterocycles. The Hall–Kier alpha value is -2.28. The summed E-state index contributed by atoms with van der Waals surface area (Å²) in [5, 5.41) is 23.1. The van der Waals surface area contributed by atoms with Crippen LogP contribution in [0.4, 0.5) is 0 Å². The molecule has 1 aromatic carbocycles. The maximum Gasteiger partial charge on any atom is 0.224 e. The zero-order chi connectivity index (χ0) is 15.9. The molecule has 118 valence electrons. The number of amides is 1. The summed E-state index contributed by atoms with van der Waals surface area (Å²) in [7, 11) is 0. The first-order valence-corrected chi connectivity index (χ1v) is 7.31. The fourth-order valence-electron chi connectivity index (χ4n) is 2.26. The maximum atomic E-state index is 12.0. The molecule has 2 rings (SSSR count). The van der Waals surface area contributed by atoms with Crippen molar-refractivity contribution in [3.8, 4) is 5.69 Å². The highest BCUT2D eigenvalue weighted by Crippen LogP contribution is 2.09. The fourth-order valence-corrected chi connectivity index (χ4v) is 2.26. The molecule has 0 saturated heterocycles. The van der Waals surface area contributed by atoms with Crippen LogP contribution >= 0.6 is 0 Å². The molecule has 1 heterocycles. The maximum absolute atomic E-state index is 12.0. The minimum absolute atomic E-state index is 0.0395. The SMILES string of the molecule is CC(C)CC(CO)NC(=O)Cc1ccc(-n2cnnn2)cc1. The van der Waals surface area contributed by atoms with E-state index in [4.69, 9.17) is 0 Å².